The van der Waals surface area contributed by atoms with Gasteiger partial charge in [0.2, 0.25) is 0 Å². The number of nitrogens with one attached hydrogen (secondary N) is 1. The summed E-state index contributed by atoms with van der Waals surface area (Å²) in [4.78, 5) is 10.2. The lowest BCUT2D eigenvalue weighted by atomic mass is 9.82. The number of hydrogen-bond acceptors (Lipinski definition) is 4. The van der Waals surface area contributed by atoms with Crippen LogP contribution < -0.4 is 5.32 Å². The Balaban J connectivity index is 2.04. The van der Waals surface area contributed by atoms with E-state index in [4.69, 9.17) is 4.98 Å². The molecule has 0 aliphatic carbocycles. The van der Waals surface area contributed by atoms with Crippen molar-refractivity contribution >= 4 is 21.7 Å². The Morgan fingerprint density at radius 2 is 2.19 bits per heavy atom. The van der Waals surface area contributed by atoms with Gasteiger partial charge in [-0.25, -0.2) is 9.97 Å². The van der Waals surface area contributed by atoms with Crippen LogP contribution in [0.3, 0.4) is 0 Å². The van der Waals surface area contributed by atoms with Gasteiger partial charge in [0.25, 0.3) is 0 Å². The molecule has 0 saturated carbocycles. The van der Waals surface area contributed by atoms with Crippen molar-refractivity contribution in [2.45, 2.75) is 25.2 Å². The summed E-state index contributed by atoms with van der Waals surface area (Å²) in [5, 5.41) is 4.66. The van der Waals surface area contributed by atoms with Crippen LogP contribution in [0.2, 0.25) is 0 Å². The van der Waals surface area contributed by atoms with Crippen molar-refractivity contribution in [3.63, 3.8) is 0 Å². The van der Waals surface area contributed by atoms with Gasteiger partial charge in [-0.1, -0.05) is 18.3 Å². The van der Waals surface area contributed by atoms with Gasteiger partial charge >= 0.3 is 0 Å². The normalized spacial score (nSPS) is 20.1. The molecular formula is C12H15N3S. The third-order valence-electron chi connectivity index (χ3n) is 3.39. The number of pyridine rings is 1. The smallest absolute Gasteiger partial charge is 0.143 e. The third-order valence-corrected chi connectivity index (χ3v) is 4.68. The average molecular weight is 233 g/mol. The molecule has 16 heavy (non-hydrogen) atoms. The van der Waals surface area contributed by atoms with Crippen LogP contribution in [-0.2, 0) is 5.41 Å². The molecule has 3 rings (SSSR count). The van der Waals surface area contributed by atoms with Gasteiger partial charge in [-0.15, -0.1) is 0 Å². The molecule has 0 amide bonds. The van der Waals surface area contributed by atoms with Crippen molar-refractivity contribution in [2.75, 3.05) is 13.1 Å². The lowest BCUT2D eigenvalue weighted by molar-refractivity contribution is 0.334. The fraction of sp³-hybridized carbons (Fsp3) is 0.500. The van der Waals surface area contributed by atoms with Crippen molar-refractivity contribution in [1.29, 1.82) is 0 Å². The molecule has 0 atom stereocenters. The van der Waals surface area contributed by atoms with Crippen molar-refractivity contribution in [3.05, 3.63) is 23.3 Å². The van der Waals surface area contributed by atoms with Crippen LogP contribution in [0.15, 0.2) is 18.3 Å². The summed E-state index contributed by atoms with van der Waals surface area (Å²) >= 11 is 1.75. The first-order chi connectivity index (χ1) is 7.78. The van der Waals surface area contributed by atoms with Crippen molar-refractivity contribution < 1.29 is 0 Å². The molecule has 0 spiro atoms. The van der Waals surface area contributed by atoms with Crippen molar-refractivity contribution in [3.8, 4) is 0 Å². The predicted octanol–water partition coefficient (Wildman–Crippen LogP) is 2.33. The summed E-state index contributed by atoms with van der Waals surface area (Å²) < 4.78 is 0. The molecule has 84 valence electrons. The molecular weight excluding hydrogens is 218 g/mol. The second-order valence-corrected chi connectivity index (χ2v) is 5.63. The zero-order valence-electron chi connectivity index (χ0n) is 9.36. The lowest BCUT2D eigenvalue weighted by Crippen LogP contribution is -2.37. The first-order valence-corrected chi connectivity index (χ1v) is 6.52. The van der Waals surface area contributed by atoms with E-state index >= 15 is 0 Å². The summed E-state index contributed by atoms with van der Waals surface area (Å²) in [5.41, 5.74) is 1.29. The molecule has 0 radical (unpaired) electrons. The number of fused-ring (bicyclic) bond motifs is 1. The van der Waals surface area contributed by atoms with Crippen LogP contribution in [0.1, 0.15) is 24.8 Å². The molecule has 1 aliphatic rings. The summed E-state index contributed by atoms with van der Waals surface area (Å²) in [7, 11) is 0. The lowest BCUT2D eigenvalue weighted by Gasteiger charge is -2.31. The number of nitrogens with zero attached hydrogens (tertiary/aromatic N) is 2. The highest BCUT2D eigenvalue weighted by atomic mass is 32.1. The van der Waals surface area contributed by atoms with Gasteiger partial charge in [0.15, 0.2) is 0 Å². The van der Waals surface area contributed by atoms with Crippen LogP contribution in [0.5, 0.6) is 0 Å². The average Bonchev–Trinajstić information content (AvgIpc) is 2.74. The maximum absolute atomic E-state index is 4.74. The molecule has 3 nitrogen and oxygen atoms in total. The summed E-state index contributed by atoms with van der Waals surface area (Å²) in [6.45, 7) is 4.52. The van der Waals surface area contributed by atoms with Gasteiger partial charge in [-0.05, 0) is 38.1 Å². The standard InChI is InChI=1S/C12H15N3S/c1-12(4-7-13-8-5-12)11-15-9-3-2-6-14-10(9)16-11/h2-3,6,13H,4-5,7-8H2,1H3. The zero-order chi connectivity index (χ0) is 11.0. The highest BCUT2D eigenvalue weighted by Crippen LogP contribution is 2.36. The first kappa shape index (κ1) is 10.2. The van der Waals surface area contributed by atoms with E-state index in [0.717, 1.165) is 23.4 Å². The minimum Gasteiger partial charge on any atom is -0.317 e. The topological polar surface area (TPSA) is 37.8 Å². The van der Waals surface area contributed by atoms with Crippen molar-refractivity contribution in [2.24, 2.45) is 0 Å². The van der Waals surface area contributed by atoms with E-state index in [9.17, 15) is 0 Å². The quantitative estimate of drug-likeness (QED) is 0.821. The van der Waals surface area contributed by atoms with E-state index in [2.05, 4.69) is 17.2 Å². The molecule has 4 heteroatoms. The number of rotatable bonds is 1. The molecule has 2 aromatic rings. The van der Waals surface area contributed by atoms with Crippen LogP contribution in [-0.4, -0.2) is 23.1 Å². The molecule has 1 saturated heterocycles. The fourth-order valence-electron chi connectivity index (χ4n) is 2.22. The van der Waals surface area contributed by atoms with Gasteiger partial charge < -0.3 is 5.32 Å². The Bertz CT molecular complexity index is 467. The van der Waals surface area contributed by atoms with Crippen LogP contribution in [0, 0.1) is 0 Å². The van der Waals surface area contributed by atoms with E-state index < -0.39 is 0 Å². The fourth-order valence-corrected chi connectivity index (χ4v) is 3.33. The summed E-state index contributed by atoms with van der Waals surface area (Å²) in [6.07, 6.45) is 4.19. The Hall–Kier alpha value is -1.00. The van der Waals surface area contributed by atoms with Gasteiger partial charge in [0.05, 0.1) is 0 Å². The van der Waals surface area contributed by atoms with E-state index in [1.54, 1.807) is 11.3 Å². The molecule has 1 aliphatic heterocycles. The minimum absolute atomic E-state index is 0.247. The summed E-state index contributed by atoms with van der Waals surface area (Å²) in [5.74, 6) is 0. The van der Waals surface area contributed by atoms with Gasteiger partial charge in [-0.3, -0.25) is 0 Å². The SMILES string of the molecule is CC1(c2nc3cccnc3s2)CCNCC1. The van der Waals surface area contributed by atoms with Gasteiger partial charge in [0.1, 0.15) is 15.4 Å². The monoisotopic (exact) mass is 233 g/mol. The minimum atomic E-state index is 0.247. The van der Waals surface area contributed by atoms with E-state index in [-0.39, 0.29) is 5.41 Å². The molecule has 0 bridgehead atoms. The predicted molar refractivity (Wildman–Crippen MR) is 66.9 cm³/mol. The van der Waals surface area contributed by atoms with Crippen LogP contribution in [0.25, 0.3) is 10.3 Å². The third kappa shape index (κ3) is 1.62. The number of thiazole rings is 1. The Morgan fingerprint density at radius 1 is 1.38 bits per heavy atom. The summed E-state index contributed by atoms with van der Waals surface area (Å²) in [6, 6.07) is 4.00. The van der Waals surface area contributed by atoms with Gasteiger partial charge in [-0.2, -0.15) is 0 Å². The number of piperidine rings is 1. The maximum Gasteiger partial charge on any atom is 0.143 e. The Labute approximate surface area is 98.9 Å². The second-order valence-electron chi connectivity index (χ2n) is 4.66. The number of hydrogen-bond donors (Lipinski definition) is 1. The largest absolute Gasteiger partial charge is 0.317 e. The van der Waals surface area contributed by atoms with Gasteiger partial charge in [0, 0.05) is 11.6 Å². The molecule has 3 heterocycles. The highest BCUT2D eigenvalue weighted by Gasteiger charge is 2.31. The highest BCUT2D eigenvalue weighted by molar-refractivity contribution is 7.18. The van der Waals surface area contributed by atoms with Crippen LogP contribution >= 0.6 is 11.3 Å². The zero-order valence-corrected chi connectivity index (χ0v) is 10.2. The molecule has 0 aromatic carbocycles. The second kappa shape index (κ2) is 3.79. The number of aromatic nitrogens is 2. The first-order valence-electron chi connectivity index (χ1n) is 5.71. The van der Waals surface area contributed by atoms with E-state index in [1.165, 1.54) is 17.8 Å². The molecule has 2 aromatic heterocycles. The Kier molecular flexibility index (Phi) is 2.41. The van der Waals surface area contributed by atoms with Crippen LogP contribution in [0.4, 0.5) is 0 Å². The Morgan fingerprint density at radius 3 is 2.94 bits per heavy atom. The van der Waals surface area contributed by atoms with E-state index in [1.807, 2.05) is 18.3 Å². The molecule has 1 fully saturated rings. The molecule has 1 N–H and O–H groups in total. The maximum atomic E-state index is 4.74. The van der Waals surface area contributed by atoms with Crippen molar-refractivity contribution in [1.82, 2.24) is 15.3 Å². The molecule has 0 unspecified atom stereocenters. The van der Waals surface area contributed by atoms with E-state index in [0.29, 0.717) is 0 Å².